The number of nitrogens with zero attached hydrogens (tertiary/aromatic N) is 2. The molecule has 6 atom stereocenters. The van der Waals surface area contributed by atoms with Gasteiger partial charge in [0.1, 0.15) is 11.4 Å². The number of hydrogen-bond donors (Lipinski definition) is 2. The second kappa shape index (κ2) is 4.64. The number of para-hydroxylation sites is 1. The molecule has 1 aliphatic carbocycles. The highest BCUT2D eigenvalue weighted by Gasteiger charge is 2.81. The second-order valence-electron chi connectivity index (χ2n) is 8.63. The molecule has 8 nitrogen and oxygen atoms in total. The SMILES string of the molecule is COC(=O)[C@@]1(O)C2=Nc3c(O)cccc3[C@@]23C[C@H]2C[C@]4(C(C)=O)ON2[C@@H]3C[C@@H]14. The normalized spacial score (nSPS) is 44.2. The summed E-state index contributed by atoms with van der Waals surface area (Å²) in [4.78, 5) is 36.5. The van der Waals surface area contributed by atoms with Crippen molar-refractivity contribution in [1.29, 1.82) is 0 Å². The van der Waals surface area contributed by atoms with Crippen LogP contribution >= 0.6 is 0 Å². The Hall–Kier alpha value is -2.29. The van der Waals surface area contributed by atoms with E-state index in [4.69, 9.17) is 9.57 Å². The molecule has 3 saturated heterocycles. The molecule has 4 bridgehead atoms. The van der Waals surface area contributed by atoms with Gasteiger partial charge in [0.05, 0.1) is 24.3 Å². The first-order valence-electron chi connectivity index (χ1n) is 9.52. The monoisotopic (exact) mass is 384 g/mol. The predicted octanol–water partition coefficient (Wildman–Crippen LogP) is 0.760. The van der Waals surface area contributed by atoms with Crippen molar-refractivity contribution in [3.05, 3.63) is 23.8 Å². The zero-order chi connectivity index (χ0) is 19.6. The van der Waals surface area contributed by atoms with E-state index in [0.717, 1.165) is 5.56 Å². The number of aliphatic imine (C=N–C) groups is 1. The quantitative estimate of drug-likeness (QED) is 0.725. The van der Waals surface area contributed by atoms with Gasteiger partial charge in [-0.1, -0.05) is 12.1 Å². The number of ether oxygens (including phenoxy) is 1. The number of carbonyl (C=O) groups excluding carboxylic acids is 2. The molecule has 1 spiro atoms. The first-order chi connectivity index (χ1) is 13.3. The number of fused-ring (bicyclic) bond motifs is 4. The molecule has 4 aliphatic heterocycles. The van der Waals surface area contributed by atoms with Gasteiger partial charge in [0.15, 0.2) is 11.4 Å². The van der Waals surface area contributed by atoms with Gasteiger partial charge in [0, 0.05) is 18.4 Å². The fraction of sp³-hybridized carbons (Fsp3) is 0.550. The molecule has 0 radical (unpaired) electrons. The molecule has 8 heteroatoms. The fourth-order valence-electron chi connectivity index (χ4n) is 6.71. The first-order valence-corrected chi connectivity index (χ1v) is 9.52. The number of ketones is 1. The number of esters is 1. The zero-order valence-corrected chi connectivity index (χ0v) is 15.5. The van der Waals surface area contributed by atoms with Crippen LogP contribution in [0.5, 0.6) is 5.75 Å². The van der Waals surface area contributed by atoms with Crippen molar-refractivity contribution in [3.8, 4) is 5.75 Å². The third-order valence-electron chi connectivity index (χ3n) is 7.72. The van der Waals surface area contributed by atoms with E-state index in [1.165, 1.54) is 14.0 Å². The van der Waals surface area contributed by atoms with Crippen LogP contribution in [0.3, 0.4) is 0 Å². The van der Waals surface area contributed by atoms with E-state index in [0.29, 0.717) is 24.9 Å². The van der Waals surface area contributed by atoms with E-state index in [-0.39, 0.29) is 29.3 Å². The molecular weight excluding hydrogens is 364 g/mol. The Bertz CT molecular complexity index is 1000. The van der Waals surface area contributed by atoms with E-state index < -0.39 is 28.5 Å². The maximum atomic E-state index is 13.0. The highest BCUT2D eigenvalue weighted by Crippen LogP contribution is 2.68. The standard InChI is InChI=1S/C20H20N2O6/c1-9(23)19-8-10-7-18-11-4-3-5-12(24)15(11)21-16(18)20(26,17(25)27-2)13(19)6-14(18)22(10)28-19/h3-5,10,13-14,24,26H,6-8H2,1-2H3/t10-,13+,14+,18+,19+,20-/m0/s1. The minimum absolute atomic E-state index is 0.00327. The van der Waals surface area contributed by atoms with Crippen molar-refractivity contribution in [3.63, 3.8) is 0 Å². The van der Waals surface area contributed by atoms with Gasteiger partial charge < -0.3 is 14.9 Å². The van der Waals surface area contributed by atoms with Gasteiger partial charge in [0.2, 0.25) is 5.60 Å². The molecule has 28 heavy (non-hydrogen) atoms. The maximum absolute atomic E-state index is 13.0. The molecule has 5 aliphatic rings. The number of rotatable bonds is 2. The van der Waals surface area contributed by atoms with E-state index in [9.17, 15) is 19.8 Å². The molecule has 1 saturated carbocycles. The van der Waals surface area contributed by atoms with Gasteiger partial charge in [-0.2, -0.15) is 5.06 Å². The van der Waals surface area contributed by atoms with Crippen LogP contribution in [-0.4, -0.2) is 63.1 Å². The van der Waals surface area contributed by atoms with Gasteiger partial charge >= 0.3 is 5.97 Å². The molecule has 0 unspecified atom stereocenters. The topological polar surface area (TPSA) is 109 Å². The van der Waals surface area contributed by atoms with E-state index in [2.05, 4.69) is 4.99 Å². The Morgan fingerprint density at radius 3 is 2.86 bits per heavy atom. The highest BCUT2D eigenvalue weighted by molar-refractivity contribution is 6.20. The Morgan fingerprint density at radius 1 is 1.36 bits per heavy atom. The number of phenols is 1. The number of methoxy groups -OCH3 is 1. The van der Waals surface area contributed by atoms with Gasteiger partial charge in [-0.15, -0.1) is 0 Å². The van der Waals surface area contributed by atoms with Crippen LogP contribution in [0.15, 0.2) is 23.2 Å². The Labute approximate surface area is 160 Å². The van der Waals surface area contributed by atoms with Crippen LogP contribution in [-0.2, 0) is 24.6 Å². The van der Waals surface area contributed by atoms with Crippen molar-refractivity contribution in [2.45, 2.75) is 54.9 Å². The Balaban J connectivity index is 1.69. The number of hydroxylamine groups is 2. The molecule has 4 heterocycles. The molecule has 0 amide bonds. The van der Waals surface area contributed by atoms with Crippen molar-refractivity contribution < 1.29 is 29.4 Å². The smallest absolute Gasteiger partial charge is 0.344 e. The predicted molar refractivity (Wildman–Crippen MR) is 95.1 cm³/mol. The summed E-state index contributed by atoms with van der Waals surface area (Å²) in [7, 11) is 1.22. The average molecular weight is 384 g/mol. The van der Waals surface area contributed by atoms with Crippen LogP contribution < -0.4 is 0 Å². The molecule has 1 aromatic carbocycles. The zero-order valence-electron chi connectivity index (χ0n) is 15.5. The lowest BCUT2D eigenvalue weighted by Crippen LogP contribution is -2.75. The number of hydrogen-bond acceptors (Lipinski definition) is 8. The Kier molecular flexibility index (Phi) is 2.76. The highest BCUT2D eigenvalue weighted by atomic mass is 16.7. The number of aromatic hydroxyl groups is 1. The molecule has 146 valence electrons. The van der Waals surface area contributed by atoms with Crippen LogP contribution in [0, 0.1) is 5.92 Å². The van der Waals surface area contributed by atoms with Crippen LogP contribution in [0.4, 0.5) is 5.69 Å². The lowest BCUT2D eigenvalue weighted by atomic mass is 9.51. The maximum Gasteiger partial charge on any atom is 0.344 e. The van der Waals surface area contributed by atoms with Gasteiger partial charge in [-0.25, -0.2) is 9.79 Å². The van der Waals surface area contributed by atoms with Gasteiger partial charge in [0.25, 0.3) is 0 Å². The third kappa shape index (κ3) is 1.42. The lowest BCUT2D eigenvalue weighted by molar-refractivity contribution is -0.280. The Morgan fingerprint density at radius 2 is 2.14 bits per heavy atom. The minimum atomic E-state index is -2.09. The van der Waals surface area contributed by atoms with Crippen molar-refractivity contribution in [2.75, 3.05) is 7.11 Å². The van der Waals surface area contributed by atoms with Gasteiger partial charge in [-0.3, -0.25) is 9.63 Å². The fourth-order valence-corrected chi connectivity index (χ4v) is 6.71. The number of benzene rings is 1. The number of Topliss-reactive ketones (excluding diaryl/α,β-unsaturated/α-hetero) is 1. The van der Waals surface area contributed by atoms with Crippen LogP contribution in [0.25, 0.3) is 0 Å². The van der Waals surface area contributed by atoms with E-state index in [1.807, 2.05) is 11.1 Å². The summed E-state index contributed by atoms with van der Waals surface area (Å²) in [6.07, 6.45) is 1.40. The van der Waals surface area contributed by atoms with Crippen molar-refractivity contribution in [2.24, 2.45) is 10.9 Å². The molecular formula is C20H20N2O6. The molecule has 0 aromatic heterocycles. The second-order valence-corrected chi connectivity index (χ2v) is 8.63. The summed E-state index contributed by atoms with van der Waals surface area (Å²) in [5, 5.41) is 24.2. The van der Waals surface area contributed by atoms with E-state index in [1.54, 1.807) is 12.1 Å². The van der Waals surface area contributed by atoms with Crippen molar-refractivity contribution >= 4 is 23.2 Å². The van der Waals surface area contributed by atoms with E-state index >= 15 is 0 Å². The summed E-state index contributed by atoms with van der Waals surface area (Å²) < 4.78 is 5.00. The largest absolute Gasteiger partial charge is 0.506 e. The summed E-state index contributed by atoms with van der Waals surface area (Å²) in [5.74, 6) is -1.84. The number of carbonyl (C=O) groups is 2. The van der Waals surface area contributed by atoms with Gasteiger partial charge in [-0.05, 0) is 31.4 Å². The number of phenolic OH excluding ortho intramolecular Hbond substituents is 1. The molecule has 4 fully saturated rings. The summed E-state index contributed by atoms with van der Waals surface area (Å²) >= 11 is 0. The summed E-state index contributed by atoms with van der Waals surface area (Å²) in [5.41, 5.74) is -2.66. The average Bonchev–Trinajstić information content (AvgIpc) is 3.27. The lowest BCUT2D eigenvalue weighted by Gasteiger charge is -2.57. The summed E-state index contributed by atoms with van der Waals surface area (Å²) in [6.45, 7) is 1.44. The first kappa shape index (κ1) is 16.6. The molecule has 2 N–H and O–H groups in total. The van der Waals surface area contributed by atoms with Crippen LogP contribution in [0.2, 0.25) is 0 Å². The van der Waals surface area contributed by atoms with Crippen molar-refractivity contribution in [1.82, 2.24) is 5.06 Å². The van der Waals surface area contributed by atoms with Crippen LogP contribution in [0.1, 0.15) is 31.7 Å². The molecule has 1 aromatic rings. The minimum Gasteiger partial charge on any atom is -0.506 e. The third-order valence-corrected chi connectivity index (χ3v) is 7.72. The molecule has 6 rings (SSSR count). The number of aliphatic hydroxyl groups is 1. The summed E-state index contributed by atoms with van der Waals surface area (Å²) in [6, 6.07) is 5.00.